The van der Waals surface area contributed by atoms with Gasteiger partial charge in [-0.05, 0) is 35.6 Å². The number of ether oxygens (including phenoxy) is 1. The minimum atomic E-state index is -3.05. The highest BCUT2D eigenvalue weighted by molar-refractivity contribution is 7.91. The number of carbonyl (C=O) groups is 1. The van der Waals surface area contributed by atoms with E-state index in [-0.39, 0.29) is 23.5 Å². The zero-order valence-electron chi connectivity index (χ0n) is 18.5. The molecule has 0 bridgehead atoms. The number of carbonyl (C=O) groups excluding carboxylic acids is 1. The number of nitrogens with zero attached hydrogens (tertiary/aromatic N) is 3. The first-order valence-corrected chi connectivity index (χ1v) is 13.7. The van der Waals surface area contributed by atoms with Crippen LogP contribution < -0.4 is 4.74 Å². The predicted octanol–water partition coefficient (Wildman–Crippen LogP) is 2.09. The Bertz CT molecular complexity index is 985. The molecule has 1 amide bonds. The molecule has 0 unspecified atom stereocenters. The number of methoxy groups -OCH3 is 1. The van der Waals surface area contributed by atoms with Crippen LogP contribution in [0.1, 0.15) is 16.9 Å². The molecule has 2 aliphatic heterocycles. The van der Waals surface area contributed by atoms with Crippen molar-refractivity contribution in [1.82, 2.24) is 14.7 Å². The summed E-state index contributed by atoms with van der Waals surface area (Å²) in [5.41, 5.74) is 1.25. The molecule has 1 aromatic carbocycles. The number of thiophene rings is 1. The number of benzene rings is 1. The lowest BCUT2D eigenvalue weighted by molar-refractivity contribution is -0.135. The summed E-state index contributed by atoms with van der Waals surface area (Å²) in [7, 11) is -1.38. The summed E-state index contributed by atoms with van der Waals surface area (Å²) in [6, 6.07) is 11.9. The van der Waals surface area contributed by atoms with Crippen molar-refractivity contribution in [2.75, 3.05) is 51.3 Å². The van der Waals surface area contributed by atoms with E-state index < -0.39 is 9.84 Å². The number of piperazine rings is 1. The molecule has 0 aliphatic carbocycles. The Kier molecular flexibility index (Phi) is 7.50. The van der Waals surface area contributed by atoms with Gasteiger partial charge >= 0.3 is 0 Å². The van der Waals surface area contributed by atoms with Crippen molar-refractivity contribution in [2.45, 2.75) is 25.6 Å². The van der Waals surface area contributed by atoms with Crippen molar-refractivity contribution in [1.29, 1.82) is 0 Å². The highest BCUT2D eigenvalue weighted by Gasteiger charge is 2.35. The van der Waals surface area contributed by atoms with Crippen LogP contribution in [-0.4, -0.2) is 86.4 Å². The van der Waals surface area contributed by atoms with Crippen LogP contribution in [0.5, 0.6) is 5.75 Å². The average Bonchev–Trinajstić information content (AvgIpc) is 3.43. The van der Waals surface area contributed by atoms with Crippen LogP contribution in [0, 0.1) is 0 Å². The van der Waals surface area contributed by atoms with E-state index in [1.807, 2.05) is 29.6 Å². The second kappa shape index (κ2) is 10.3. The van der Waals surface area contributed by atoms with Gasteiger partial charge in [-0.2, -0.15) is 0 Å². The van der Waals surface area contributed by atoms with Crippen LogP contribution in [0.3, 0.4) is 0 Å². The van der Waals surface area contributed by atoms with Gasteiger partial charge in [-0.25, -0.2) is 8.42 Å². The molecular weight excluding hydrogens is 446 g/mol. The molecule has 9 heteroatoms. The molecule has 0 radical (unpaired) electrons. The quantitative estimate of drug-likeness (QED) is 0.580. The monoisotopic (exact) mass is 477 g/mol. The van der Waals surface area contributed by atoms with Crippen molar-refractivity contribution >= 4 is 27.1 Å². The van der Waals surface area contributed by atoms with Gasteiger partial charge < -0.3 is 9.64 Å². The maximum Gasteiger partial charge on any atom is 0.237 e. The van der Waals surface area contributed by atoms with E-state index in [0.29, 0.717) is 19.5 Å². The molecule has 7 nitrogen and oxygen atoms in total. The van der Waals surface area contributed by atoms with Gasteiger partial charge in [0.2, 0.25) is 5.91 Å². The van der Waals surface area contributed by atoms with Gasteiger partial charge in [0.25, 0.3) is 0 Å². The second-order valence-electron chi connectivity index (χ2n) is 8.56. The molecule has 3 heterocycles. The van der Waals surface area contributed by atoms with Crippen LogP contribution in [-0.2, 0) is 27.7 Å². The highest BCUT2D eigenvalue weighted by Crippen LogP contribution is 2.22. The van der Waals surface area contributed by atoms with Crippen molar-refractivity contribution in [3.63, 3.8) is 0 Å². The van der Waals surface area contributed by atoms with E-state index in [9.17, 15) is 13.2 Å². The Balaban J connectivity index is 1.31. The molecule has 0 spiro atoms. The van der Waals surface area contributed by atoms with Gasteiger partial charge in [-0.3, -0.25) is 14.6 Å². The largest absolute Gasteiger partial charge is 0.497 e. The third-order valence-corrected chi connectivity index (χ3v) is 8.88. The van der Waals surface area contributed by atoms with E-state index in [4.69, 9.17) is 4.74 Å². The van der Waals surface area contributed by atoms with Crippen LogP contribution in [0.2, 0.25) is 0 Å². The van der Waals surface area contributed by atoms with Crippen LogP contribution in [0.4, 0.5) is 0 Å². The second-order valence-corrected chi connectivity index (χ2v) is 11.8. The standard InChI is InChI=1S/C23H31N3O4S2/c1-30-21-6-4-19(5-7-21)15-24-9-11-25(12-10-24)17-23(27)26(16-22-3-2-13-31-22)20-8-14-32(28,29)18-20/h2-7,13,20H,8-12,14-18H2,1H3/t20-/m1/s1. The molecule has 4 rings (SSSR count). The first-order chi connectivity index (χ1) is 15.4. The third-order valence-electron chi connectivity index (χ3n) is 6.26. The zero-order valence-corrected chi connectivity index (χ0v) is 20.1. The van der Waals surface area contributed by atoms with E-state index in [0.717, 1.165) is 43.4 Å². The van der Waals surface area contributed by atoms with E-state index in [1.165, 1.54) is 5.56 Å². The highest BCUT2D eigenvalue weighted by atomic mass is 32.2. The van der Waals surface area contributed by atoms with Crippen LogP contribution in [0.25, 0.3) is 0 Å². The number of amides is 1. The van der Waals surface area contributed by atoms with Crippen molar-refractivity contribution in [3.8, 4) is 5.75 Å². The summed E-state index contributed by atoms with van der Waals surface area (Å²) in [5, 5.41) is 1.99. The van der Waals surface area contributed by atoms with Gasteiger partial charge in [0.1, 0.15) is 5.75 Å². The van der Waals surface area contributed by atoms with Gasteiger partial charge in [0, 0.05) is 43.6 Å². The summed E-state index contributed by atoms with van der Waals surface area (Å²) in [6.45, 7) is 5.20. The van der Waals surface area contributed by atoms with Crippen LogP contribution >= 0.6 is 11.3 Å². The lowest BCUT2D eigenvalue weighted by Crippen LogP contribution is -2.51. The summed E-state index contributed by atoms with van der Waals surface area (Å²) in [5.74, 6) is 1.15. The summed E-state index contributed by atoms with van der Waals surface area (Å²) in [4.78, 5) is 20.7. The minimum absolute atomic E-state index is 0.0316. The lowest BCUT2D eigenvalue weighted by Gasteiger charge is -2.36. The zero-order chi connectivity index (χ0) is 22.6. The molecule has 1 atom stereocenters. The maximum absolute atomic E-state index is 13.2. The van der Waals surface area contributed by atoms with E-state index in [1.54, 1.807) is 23.3 Å². The number of rotatable bonds is 8. The molecule has 174 valence electrons. The number of hydrogen-bond acceptors (Lipinski definition) is 7. The van der Waals surface area contributed by atoms with Gasteiger partial charge in [0.15, 0.2) is 9.84 Å². The van der Waals surface area contributed by atoms with Crippen molar-refractivity contribution < 1.29 is 17.9 Å². The lowest BCUT2D eigenvalue weighted by atomic mass is 10.2. The van der Waals surface area contributed by atoms with Gasteiger partial charge in [-0.15, -0.1) is 11.3 Å². The predicted molar refractivity (Wildman–Crippen MR) is 127 cm³/mol. The molecule has 2 fully saturated rings. The smallest absolute Gasteiger partial charge is 0.237 e. The van der Waals surface area contributed by atoms with Gasteiger partial charge in [-0.1, -0.05) is 18.2 Å². The Hall–Kier alpha value is -1.94. The number of sulfone groups is 1. The summed E-state index contributed by atoms with van der Waals surface area (Å²) < 4.78 is 29.3. The number of hydrogen-bond donors (Lipinski definition) is 0. The first kappa shape index (κ1) is 23.2. The first-order valence-electron chi connectivity index (χ1n) is 11.0. The summed E-state index contributed by atoms with van der Waals surface area (Å²) in [6.07, 6.45) is 0.537. The fourth-order valence-corrected chi connectivity index (χ4v) is 6.82. The average molecular weight is 478 g/mol. The van der Waals surface area contributed by atoms with E-state index in [2.05, 4.69) is 21.9 Å². The molecule has 0 saturated carbocycles. The van der Waals surface area contributed by atoms with Crippen molar-refractivity contribution in [2.24, 2.45) is 0 Å². The fraction of sp³-hybridized carbons (Fsp3) is 0.522. The molecule has 32 heavy (non-hydrogen) atoms. The molecule has 0 N–H and O–H groups in total. The Labute approximate surface area is 194 Å². The topological polar surface area (TPSA) is 70.2 Å². The maximum atomic E-state index is 13.2. The molecule has 1 aromatic heterocycles. The third kappa shape index (κ3) is 6.10. The normalized spacial score (nSPS) is 21.5. The van der Waals surface area contributed by atoms with Crippen molar-refractivity contribution in [3.05, 3.63) is 52.2 Å². The van der Waals surface area contributed by atoms with Crippen LogP contribution in [0.15, 0.2) is 41.8 Å². The van der Waals surface area contributed by atoms with Gasteiger partial charge in [0.05, 0.1) is 31.7 Å². The van der Waals surface area contributed by atoms with E-state index >= 15 is 0 Å². The Morgan fingerprint density at radius 2 is 1.84 bits per heavy atom. The molecular formula is C23H31N3O4S2. The fourth-order valence-electron chi connectivity index (χ4n) is 4.39. The summed E-state index contributed by atoms with van der Waals surface area (Å²) >= 11 is 1.61. The molecule has 2 aromatic rings. The SMILES string of the molecule is COc1ccc(CN2CCN(CC(=O)N(Cc3cccs3)[C@@H]3CCS(=O)(=O)C3)CC2)cc1. The molecule has 2 aliphatic rings. The molecule has 2 saturated heterocycles. The Morgan fingerprint density at radius 3 is 2.44 bits per heavy atom. The Morgan fingerprint density at radius 1 is 1.12 bits per heavy atom. The minimum Gasteiger partial charge on any atom is -0.497 e.